The Morgan fingerprint density at radius 3 is 2.35 bits per heavy atom. The highest BCUT2D eigenvalue weighted by atomic mass is 16.5. The Balaban J connectivity index is 2.72. The van der Waals surface area contributed by atoms with Crippen molar-refractivity contribution in [1.29, 1.82) is 0 Å². The lowest BCUT2D eigenvalue weighted by Crippen LogP contribution is -2.34. The van der Waals surface area contributed by atoms with Crippen molar-refractivity contribution in [1.82, 2.24) is 0 Å². The maximum absolute atomic E-state index is 12.0. The maximum atomic E-state index is 12.0. The van der Waals surface area contributed by atoms with Gasteiger partial charge in [-0.3, -0.25) is 4.79 Å². The van der Waals surface area contributed by atoms with Crippen molar-refractivity contribution in [2.24, 2.45) is 0 Å². The van der Waals surface area contributed by atoms with E-state index in [1.54, 1.807) is 14.2 Å². The number of ether oxygens (including phenoxy) is 2. The van der Waals surface area contributed by atoms with Gasteiger partial charge in [0.2, 0.25) is 0 Å². The zero-order chi connectivity index (χ0) is 14.8. The lowest BCUT2D eigenvalue weighted by Gasteiger charge is -2.29. The quantitative estimate of drug-likeness (QED) is 0.899. The molecule has 0 atom stereocenters. The van der Waals surface area contributed by atoms with Crippen LogP contribution in [0.3, 0.4) is 0 Å². The fourth-order valence-corrected chi connectivity index (χ4v) is 3.34. The molecule has 0 bridgehead atoms. The summed E-state index contributed by atoms with van der Waals surface area (Å²) < 4.78 is 10.9. The van der Waals surface area contributed by atoms with Crippen LogP contribution < -0.4 is 9.47 Å². The van der Waals surface area contributed by atoms with Crippen LogP contribution in [-0.4, -0.2) is 25.3 Å². The van der Waals surface area contributed by atoms with E-state index in [-0.39, 0.29) is 0 Å². The summed E-state index contributed by atoms with van der Waals surface area (Å²) in [5.74, 6) is 0.430. The van der Waals surface area contributed by atoms with Crippen molar-refractivity contribution >= 4 is 5.97 Å². The first kappa shape index (κ1) is 14.7. The first-order chi connectivity index (χ1) is 9.60. The summed E-state index contributed by atoms with van der Waals surface area (Å²) >= 11 is 0. The summed E-state index contributed by atoms with van der Waals surface area (Å²) in [4.78, 5) is 12.0. The van der Waals surface area contributed by atoms with Crippen LogP contribution >= 0.6 is 0 Å². The molecule has 1 aromatic carbocycles. The minimum absolute atomic E-state index is 0.580. The summed E-state index contributed by atoms with van der Waals surface area (Å²) in [6, 6.07) is 3.81. The van der Waals surface area contributed by atoms with Gasteiger partial charge in [0, 0.05) is 5.56 Å². The molecule has 0 saturated heterocycles. The Hall–Kier alpha value is -1.71. The third-order valence-electron chi connectivity index (χ3n) is 4.36. The highest BCUT2D eigenvalue weighted by Gasteiger charge is 2.46. The molecule has 0 aromatic heterocycles. The van der Waals surface area contributed by atoms with E-state index in [9.17, 15) is 9.90 Å². The van der Waals surface area contributed by atoms with Gasteiger partial charge >= 0.3 is 5.97 Å². The normalized spacial score (nSPS) is 16.9. The molecular weight excluding hydrogens is 256 g/mol. The van der Waals surface area contributed by atoms with E-state index in [4.69, 9.17) is 9.47 Å². The predicted octanol–water partition coefficient (Wildman–Crippen LogP) is 3.16. The predicted molar refractivity (Wildman–Crippen MR) is 76.7 cm³/mol. The van der Waals surface area contributed by atoms with Crippen LogP contribution in [0, 0.1) is 0 Å². The van der Waals surface area contributed by atoms with Crippen LogP contribution in [0.15, 0.2) is 12.1 Å². The van der Waals surface area contributed by atoms with Gasteiger partial charge in [0.25, 0.3) is 0 Å². The number of carboxylic acid groups (broad SMARTS) is 1. The molecule has 1 fully saturated rings. The number of methoxy groups -OCH3 is 2. The summed E-state index contributed by atoms with van der Waals surface area (Å²) in [5.41, 5.74) is 1.02. The molecule has 4 nitrogen and oxygen atoms in total. The van der Waals surface area contributed by atoms with Gasteiger partial charge in [-0.15, -0.1) is 0 Å². The fraction of sp³-hybridized carbons (Fsp3) is 0.562. The van der Waals surface area contributed by atoms with Gasteiger partial charge in [-0.05, 0) is 30.9 Å². The minimum atomic E-state index is -0.828. The van der Waals surface area contributed by atoms with E-state index >= 15 is 0 Å². The number of carboxylic acids is 1. The van der Waals surface area contributed by atoms with Crippen molar-refractivity contribution in [3.8, 4) is 11.5 Å². The van der Waals surface area contributed by atoms with Crippen LogP contribution in [0.1, 0.15) is 43.7 Å². The number of hydrogen-bond acceptors (Lipinski definition) is 3. The fourth-order valence-electron chi connectivity index (χ4n) is 3.34. The van der Waals surface area contributed by atoms with Crippen molar-refractivity contribution in [2.45, 2.75) is 44.4 Å². The summed E-state index contributed by atoms with van der Waals surface area (Å²) in [6.45, 7) is 2.04. The third-order valence-corrected chi connectivity index (χ3v) is 4.36. The molecule has 1 N–H and O–H groups in total. The third kappa shape index (κ3) is 2.13. The van der Waals surface area contributed by atoms with Crippen LogP contribution in [0.5, 0.6) is 11.5 Å². The molecule has 1 aromatic rings. The number of rotatable bonds is 5. The van der Waals surface area contributed by atoms with E-state index < -0.39 is 11.4 Å². The standard InChI is InChI=1S/C16H22O4/c1-4-11-7-8-12(19-2)14(20-3)13(11)16(15(17)18)9-5-6-10-16/h7-8H,4-6,9-10H2,1-3H3,(H,17,18). The number of hydrogen-bond donors (Lipinski definition) is 1. The topological polar surface area (TPSA) is 55.8 Å². The first-order valence-electron chi connectivity index (χ1n) is 7.08. The highest BCUT2D eigenvalue weighted by molar-refractivity contribution is 5.84. The van der Waals surface area contributed by atoms with Gasteiger partial charge in [-0.25, -0.2) is 0 Å². The van der Waals surface area contributed by atoms with Gasteiger partial charge in [0.05, 0.1) is 19.6 Å². The van der Waals surface area contributed by atoms with E-state index in [1.165, 1.54) is 0 Å². The van der Waals surface area contributed by atoms with Gasteiger partial charge in [0.1, 0.15) is 0 Å². The van der Waals surface area contributed by atoms with Crippen LogP contribution in [0.4, 0.5) is 0 Å². The Morgan fingerprint density at radius 2 is 1.90 bits per heavy atom. The second kappa shape index (κ2) is 5.73. The molecule has 0 unspecified atom stereocenters. The Morgan fingerprint density at radius 1 is 1.25 bits per heavy atom. The number of aryl methyl sites for hydroxylation is 1. The molecule has 1 saturated carbocycles. The molecule has 0 aliphatic heterocycles. The van der Waals surface area contributed by atoms with E-state index in [0.29, 0.717) is 24.3 Å². The van der Waals surface area contributed by atoms with Gasteiger partial charge in [-0.1, -0.05) is 25.8 Å². The lowest BCUT2D eigenvalue weighted by molar-refractivity contribution is -0.143. The average Bonchev–Trinajstić information content (AvgIpc) is 2.96. The van der Waals surface area contributed by atoms with E-state index in [0.717, 1.165) is 30.4 Å². The van der Waals surface area contributed by atoms with Crippen molar-refractivity contribution in [2.75, 3.05) is 14.2 Å². The second-order valence-corrected chi connectivity index (χ2v) is 5.28. The molecule has 1 aliphatic rings. The number of benzene rings is 1. The van der Waals surface area contributed by atoms with Crippen molar-refractivity contribution in [3.63, 3.8) is 0 Å². The molecule has 20 heavy (non-hydrogen) atoms. The number of carbonyl (C=O) groups is 1. The van der Waals surface area contributed by atoms with Gasteiger partial charge in [0.15, 0.2) is 11.5 Å². The molecular formula is C16H22O4. The molecule has 0 heterocycles. The minimum Gasteiger partial charge on any atom is -0.493 e. The van der Waals surface area contributed by atoms with Crippen LogP contribution in [0.25, 0.3) is 0 Å². The van der Waals surface area contributed by atoms with E-state index in [1.807, 2.05) is 19.1 Å². The Bertz CT molecular complexity index is 501. The largest absolute Gasteiger partial charge is 0.493 e. The second-order valence-electron chi connectivity index (χ2n) is 5.28. The van der Waals surface area contributed by atoms with Crippen LogP contribution in [-0.2, 0) is 16.6 Å². The molecule has 0 spiro atoms. The summed E-state index contributed by atoms with van der Waals surface area (Å²) in [5, 5.41) is 9.82. The average molecular weight is 278 g/mol. The Kier molecular flexibility index (Phi) is 4.21. The maximum Gasteiger partial charge on any atom is 0.314 e. The number of aliphatic carboxylic acids is 1. The first-order valence-corrected chi connectivity index (χ1v) is 7.08. The highest BCUT2D eigenvalue weighted by Crippen LogP contribution is 2.49. The SMILES string of the molecule is CCc1ccc(OC)c(OC)c1C1(C(=O)O)CCCC1. The smallest absolute Gasteiger partial charge is 0.314 e. The zero-order valence-corrected chi connectivity index (χ0v) is 12.4. The van der Waals surface area contributed by atoms with Crippen molar-refractivity contribution in [3.05, 3.63) is 23.3 Å². The van der Waals surface area contributed by atoms with Crippen LogP contribution in [0.2, 0.25) is 0 Å². The van der Waals surface area contributed by atoms with Gasteiger partial charge in [-0.2, -0.15) is 0 Å². The molecule has 2 rings (SSSR count). The Labute approximate surface area is 119 Å². The summed E-state index contributed by atoms with van der Waals surface area (Å²) in [6.07, 6.45) is 3.99. The zero-order valence-electron chi connectivity index (χ0n) is 12.4. The molecule has 110 valence electrons. The van der Waals surface area contributed by atoms with E-state index in [2.05, 4.69) is 0 Å². The van der Waals surface area contributed by atoms with Crippen molar-refractivity contribution < 1.29 is 19.4 Å². The molecule has 0 amide bonds. The molecule has 1 aliphatic carbocycles. The monoisotopic (exact) mass is 278 g/mol. The molecule has 4 heteroatoms. The van der Waals surface area contributed by atoms with Gasteiger partial charge < -0.3 is 14.6 Å². The lowest BCUT2D eigenvalue weighted by atomic mass is 9.75. The molecule has 0 radical (unpaired) electrons. The summed E-state index contributed by atoms with van der Waals surface area (Å²) in [7, 11) is 3.15.